The minimum Gasteiger partial charge on any atom is -0.421 e. The monoisotopic (exact) mass is 397 g/mol. The van der Waals surface area contributed by atoms with E-state index in [2.05, 4.69) is 28.5 Å². The van der Waals surface area contributed by atoms with Crippen molar-refractivity contribution in [2.75, 3.05) is 0 Å². The van der Waals surface area contributed by atoms with Crippen LogP contribution in [-0.2, 0) is 6.54 Å². The summed E-state index contributed by atoms with van der Waals surface area (Å²) in [4.78, 5) is 12.5. The minimum atomic E-state index is -0.0881. The molecule has 0 aliphatic carbocycles. The molecule has 0 aliphatic rings. The number of carbonyl (C=O) groups excluding carboxylic acids is 1. The fourth-order valence-electron chi connectivity index (χ4n) is 3.39. The van der Waals surface area contributed by atoms with Crippen molar-refractivity contribution >= 4 is 5.91 Å². The quantitative estimate of drug-likeness (QED) is 0.499. The Morgan fingerprint density at radius 2 is 1.67 bits per heavy atom. The lowest BCUT2D eigenvalue weighted by Crippen LogP contribution is -2.22. The molecule has 1 N–H and O–H groups in total. The number of aryl methyl sites for hydroxylation is 3. The number of hydrogen-bond donors (Lipinski definition) is 1. The molecular weight excluding hydrogens is 374 g/mol. The molecule has 0 atom stereocenters. The molecule has 1 amide bonds. The lowest BCUT2D eigenvalue weighted by molar-refractivity contribution is 0.0951. The Kier molecular flexibility index (Phi) is 5.44. The van der Waals surface area contributed by atoms with Crippen molar-refractivity contribution in [2.45, 2.75) is 27.3 Å². The molecule has 0 radical (unpaired) electrons. The summed E-state index contributed by atoms with van der Waals surface area (Å²) in [5.74, 6) is 0.948. The minimum absolute atomic E-state index is 0.0881. The molecule has 0 bridgehead atoms. The second-order valence-electron chi connectivity index (χ2n) is 7.41. The van der Waals surface area contributed by atoms with Crippen LogP contribution in [0, 0.1) is 20.8 Å². The fraction of sp³-hybridized carbons (Fsp3) is 0.160. The van der Waals surface area contributed by atoms with Gasteiger partial charge in [-0.1, -0.05) is 48.0 Å². The van der Waals surface area contributed by atoms with Gasteiger partial charge in [0.05, 0.1) is 0 Å². The van der Waals surface area contributed by atoms with Gasteiger partial charge in [-0.05, 0) is 60.4 Å². The van der Waals surface area contributed by atoms with Crippen molar-refractivity contribution in [2.24, 2.45) is 0 Å². The number of benzene rings is 3. The van der Waals surface area contributed by atoms with Crippen LogP contribution in [0.4, 0.5) is 0 Å². The van der Waals surface area contributed by atoms with Gasteiger partial charge in [0.15, 0.2) is 0 Å². The number of hydrogen-bond acceptors (Lipinski definition) is 4. The van der Waals surface area contributed by atoms with E-state index in [4.69, 9.17) is 4.42 Å². The molecular formula is C25H23N3O2. The van der Waals surface area contributed by atoms with E-state index in [9.17, 15) is 4.79 Å². The SMILES string of the molecule is Cc1cccc(CNC(=O)c2ccc(-c3cc(-c4nnc(C)o4)ccc3C)cc2)c1. The average molecular weight is 397 g/mol. The average Bonchev–Trinajstić information content (AvgIpc) is 3.19. The smallest absolute Gasteiger partial charge is 0.251 e. The summed E-state index contributed by atoms with van der Waals surface area (Å²) in [6, 6.07) is 21.8. The molecule has 5 nitrogen and oxygen atoms in total. The summed E-state index contributed by atoms with van der Waals surface area (Å²) in [6.45, 7) is 6.38. The normalized spacial score (nSPS) is 10.8. The van der Waals surface area contributed by atoms with Crippen LogP contribution < -0.4 is 5.32 Å². The zero-order valence-electron chi connectivity index (χ0n) is 17.3. The van der Waals surface area contributed by atoms with Gasteiger partial charge in [-0.25, -0.2) is 0 Å². The van der Waals surface area contributed by atoms with Crippen LogP contribution in [0.3, 0.4) is 0 Å². The maximum absolute atomic E-state index is 12.5. The number of nitrogens with one attached hydrogen (secondary N) is 1. The first-order valence-electron chi connectivity index (χ1n) is 9.85. The number of aromatic nitrogens is 2. The standard InChI is InChI=1S/C25H23N3O2/c1-16-5-4-6-19(13-16)15-26-24(29)21-11-9-20(10-12-21)23-14-22(8-7-17(23)2)25-28-27-18(3)30-25/h4-14H,15H2,1-3H3,(H,26,29). The van der Waals surface area contributed by atoms with E-state index in [0.29, 0.717) is 23.9 Å². The number of rotatable bonds is 5. The molecule has 5 heteroatoms. The highest BCUT2D eigenvalue weighted by atomic mass is 16.4. The molecule has 1 heterocycles. The summed E-state index contributed by atoms with van der Waals surface area (Å²) in [5.41, 5.74) is 6.99. The number of amides is 1. The van der Waals surface area contributed by atoms with Crippen molar-refractivity contribution in [3.63, 3.8) is 0 Å². The highest BCUT2D eigenvalue weighted by Gasteiger charge is 2.11. The van der Waals surface area contributed by atoms with Gasteiger partial charge in [0, 0.05) is 24.6 Å². The molecule has 3 aromatic carbocycles. The summed E-state index contributed by atoms with van der Waals surface area (Å²) in [7, 11) is 0. The van der Waals surface area contributed by atoms with Gasteiger partial charge < -0.3 is 9.73 Å². The molecule has 0 unspecified atom stereocenters. The first-order chi connectivity index (χ1) is 14.5. The van der Waals surface area contributed by atoms with Crippen molar-refractivity contribution < 1.29 is 9.21 Å². The molecule has 4 aromatic rings. The highest BCUT2D eigenvalue weighted by Crippen LogP contribution is 2.29. The van der Waals surface area contributed by atoms with Crippen LogP contribution in [0.25, 0.3) is 22.6 Å². The van der Waals surface area contributed by atoms with Gasteiger partial charge in [-0.2, -0.15) is 0 Å². The fourth-order valence-corrected chi connectivity index (χ4v) is 3.39. The maximum atomic E-state index is 12.5. The second-order valence-corrected chi connectivity index (χ2v) is 7.41. The van der Waals surface area contributed by atoms with Gasteiger partial charge in [-0.3, -0.25) is 4.79 Å². The molecule has 0 saturated heterocycles. The van der Waals surface area contributed by atoms with Crippen LogP contribution in [0.5, 0.6) is 0 Å². The third-order valence-corrected chi connectivity index (χ3v) is 5.00. The van der Waals surface area contributed by atoms with E-state index in [0.717, 1.165) is 27.8 Å². The Bertz CT molecular complexity index is 1190. The van der Waals surface area contributed by atoms with E-state index >= 15 is 0 Å². The highest BCUT2D eigenvalue weighted by molar-refractivity contribution is 5.94. The Balaban J connectivity index is 1.51. The zero-order valence-corrected chi connectivity index (χ0v) is 17.3. The first-order valence-corrected chi connectivity index (χ1v) is 9.85. The van der Waals surface area contributed by atoms with Crippen molar-refractivity contribution in [1.29, 1.82) is 0 Å². The summed E-state index contributed by atoms with van der Waals surface area (Å²) in [6.07, 6.45) is 0. The number of nitrogens with zero attached hydrogens (tertiary/aromatic N) is 2. The predicted octanol–water partition coefficient (Wildman–Crippen LogP) is 5.26. The molecule has 1 aromatic heterocycles. The molecule has 0 spiro atoms. The molecule has 150 valence electrons. The molecule has 0 fully saturated rings. The van der Waals surface area contributed by atoms with Crippen molar-refractivity contribution in [3.05, 3.63) is 94.9 Å². The predicted molar refractivity (Wildman–Crippen MR) is 117 cm³/mol. The Labute approximate surface area is 175 Å². The van der Waals surface area contributed by atoms with Crippen molar-refractivity contribution in [3.8, 4) is 22.6 Å². The molecule has 0 aliphatic heterocycles. The Morgan fingerprint density at radius 3 is 2.37 bits per heavy atom. The molecule has 30 heavy (non-hydrogen) atoms. The van der Waals surface area contributed by atoms with Gasteiger partial charge in [0.25, 0.3) is 5.91 Å². The molecule has 0 saturated carbocycles. The van der Waals surface area contributed by atoms with E-state index < -0.39 is 0 Å². The van der Waals surface area contributed by atoms with Crippen LogP contribution in [0.1, 0.15) is 32.9 Å². The number of carbonyl (C=O) groups is 1. The Hall–Kier alpha value is -3.73. The van der Waals surface area contributed by atoms with Crippen LogP contribution >= 0.6 is 0 Å². The topological polar surface area (TPSA) is 68.0 Å². The third kappa shape index (κ3) is 4.30. The summed E-state index contributed by atoms with van der Waals surface area (Å²) < 4.78 is 5.55. The van der Waals surface area contributed by atoms with Crippen LogP contribution in [0.15, 0.2) is 71.1 Å². The van der Waals surface area contributed by atoms with E-state index in [1.807, 2.05) is 67.6 Å². The zero-order chi connectivity index (χ0) is 21.1. The summed E-state index contributed by atoms with van der Waals surface area (Å²) in [5, 5.41) is 11.0. The maximum Gasteiger partial charge on any atom is 0.251 e. The van der Waals surface area contributed by atoms with Gasteiger partial charge in [0.2, 0.25) is 11.8 Å². The van der Waals surface area contributed by atoms with E-state index in [1.54, 1.807) is 6.92 Å². The van der Waals surface area contributed by atoms with Crippen LogP contribution in [-0.4, -0.2) is 16.1 Å². The Morgan fingerprint density at radius 1 is 0.900 bits per heavy atom. The van der Waals surface area contributed by atoms with Gasteiger partial charge in [0.1, 0.15) is 0 Å². The first kappa shape index (κ1) is 19.6. The molecule has 4 rings (SSSR count). The van der Waals surface area contributed by atoms with E-state index in [1.165, 1.54) is 5.56 Å². The van der Waals surface area contributed by atoms with Crippen molar-refractivity contribution in [1.82, 2.24) is 15.5 Å². The van der Waals surface area contributed by atoms with Crippen LogP contribution in [0.2, 0.25) is 0 Å². The summed E-state index contributed by atoms with van der Waals surface area (Å²) >= 11 is 0. The second kappa shape index (κ2) is 8.33. The van der Waals surface area contributed by atoms with Gasteiger partial charge >= 0.3 is 0 Å². The third-order valence-electron chi connectivity index (χ3n) is 5.00. The van der Waals surface area contributed by atoms with Gasteiger partial charge in [-0.15, -0.1) is 10.2 Å². The van der Waals surface area contributed by atoms with E-state index in [-0.39, 0.29) is 5.91 Å². The lowest BCUT2D eigenvalue weighted by Gasteiger charge is -2.10. The largest absolute Gasteiger partial charge is 0.421 e. The lowest BCUT2D eigenvalue weighted by atomic mass is 9.97.